The topological polar surface area (TPSA) is 15.3 Å². The van der Waals surface area contributed by atoms with Crippen molar-refractivity contribution in [3.63, 3.8) is 0 Å². The van der Waals surface area contributed by atoms with E-state index < -0.39 is 0 Å². The fourth-order valence-electron chi connectivity index (χ4n) is 3.35. The van der Waals surface area contributed by atoms with Crippen molar-refractivity contribution in [2.75, 3.05) is 26.2 Å². The van der Waals surface area contributed by atoms with Gasteiger partial charge in [0.25, 0.3) is 0 Å². The van der Waals surface area contributed by atoms with Gasteiger partial charge in [-0.1, -0.05) is 25.7 Å². The molecule has 2 aliphatic rings. The van der Waals surface area contributed by atoms with Crippen LogP contribution in [0.1, 0.15) is 58.3 Å². The maximum absolute atomic E-state index is 3.77. The number of nitrogens with zero attached hydrogens (tertiary/aromatic N) is 1. The van der Waals surface area contributed by atoms with E-state index in [1.165, 1.54) is 77.5 Å². The molecule has 0 aromatic rings. The molecule has 0 aromatic carbocycles. The minimum atomic E-state index is 0.677. The van der Waals surface area contributed by atoms with E-state index in [0.29, 0.717) is 6.04 Å². The van der Waals surface area contributed by atoms with E-state index >= 15 is 0 Å². The lowest BCUT2D eigenvalue weighted by Gasteiger charge is -2.23. The lowest BCUT2D eigenvalue weighted by atomic mass is 10.0. The first kappa shape index (κ1) is 13.4. The molecular formula is C15H30N2. The van der Waals surface area contributed by atoms with E-state index in [2.05, 4.69) is 17.1 Å². The average molecular weight is 238 g/mol. The van der Waals surface area contributed by atoms with E-state index in [9.17, 15) is 0 Å². The Hall–Kier alpha value is -0.0800. The smallest absolute Gasteiger partial charge is 0.0166 e. The normalized spacial score (nSPS) is 25.9. The van der Waals surface area contributed by atoms with Crippen LogP contribution in [0.4, 0.5) is 0 Å². The third kappa shape index (κ3) is 4.97. The molecule has 1 N–H and O–H groups in total. The SMILES string of the molecule is CC(CN1CCCC1)NCC1CCCCCC1. The van der Waals surface area contributed by atoms with Gasteiger partial charge in [0.2, 0.25) is 0 Å². The van der Waals surface area contributed by atoms with Crippen LogP contribution in [0.25, 0.3) is 0 Å². The van der Waals surface area contributed by atoms with Crippen molar-refractivity contribution in [3.05, 3.63) is 0 Å². The molecule has 100 valence electrons. The number of hydrogen-bond donors (Lipinski definition) is 1. The molecule has 1 unspecified atom stereocenters. The van der Waals surface area contributed by atoms with Crippen LogP contribution in [0.5, 0.6) is 0 Å². The summed E-state index contributed by atoms with van der Waals surface area (Å²) in [7, 11) is 0. The minimum Gasteiger partial charge on any atom is -0.313 e. The maximum Gasteiger partial charge on any atom is 0.0166 e. The molecule has 2 fully saturated rings. The van der Waals surface area contributed by atoms with Gasteiger partial charge in [0.15, 0.2) is 0 Å². The summed E-state index contributed by atoms with van der Waals surface area (Å²) < 4.78 is 0. The van der Waals surface area contributed by atoms with Gasteiger partial charge in [-0.25, -0.2) is 0 Å². The zero-order valence-electron chi connectivity index (χ0n) is 11.6. The highest BCUT2D eigenvalue weighted by atomic mass is 15.2. The zero-order valence-corrected chi connectivity index (χ0v) is 11.6. The van der Waals surface area contributed by atoms with Crippen molar-refractivity contribution in [3.8, 4) is 0 Å². The Morgan fingerprint density at radius 1 is 1.00 bits per heavy atom. The summed E-state index contributed by atoms with van der Waals surface area (Å²) in [5.41, 5.74) is 0. The summed E-state index contributed by atoms with van der Waals surface area (Å²) in [5, 5.41) is 3.77. The van der Waals surface area contributed by atoms with Gasteiger partial charge in [0.05, 0.1) is 0 Å². The summed E-state index contributed by atoms with van der Waals surface area (Å²) in [6.45, 7) is 7.53. The fourth-order valence-corrected chi connectivity index (χ4v) is 3.35. The third-order valence-corrected chi connectivity index (χ3v) is 4.46. The van der Waals surface area contributed by atoms with E-state index in [0.717, 1.165) is 5.92 Å². The molecule has 0 bridgehead atoms. The van der Waals surface area contributed by atoms with Gasteiger partial charge in [-0.2, -0.15) is 0 Å². The highest BCUT2D eigenvalue weighted by Crippen LogP contribution is 2.22. The number of hydrogen-bond acceptors (Lipinski definition) is 2. The molecule has 2 rings (SSSR count). The molecule has 0 amide bonds. The molecule has 1 saturated carbocycles. The largest absolute Gasteiger partial charge is 0.313 e. The van der Waals surface area contributed by atoms with Crippen LogP contribution in [0, 0.1) is 5.92 Å². The summed E-state index contributed by atoms with van der Waals surface area (Å²) in [6.07, 6.45) is 11.6. The molecule has 0 spiro atoms. The summed E-state index contributed by atoms with van der Waals surface area (Å²) in [4.78, 5) is 2.62. The highest BCUT2D eigenvalue weighted by molar-refractivity contribution is 4.74. The summed E-state index contributed by atoms with van der Waals surface area (Å²) in [6, 6.07) is 0.677. The predicted molar refractivity (Wildman–Crippen MR) is 74.3 cm³/mol. The Morgan fingerprint density at radius 2 is 1.65 bits per heavy atom. The molecule has 1 aliphatic heterocycles. The Labute approximate surface area is 107 Å². The fraction of sp³-hybridized carbons (Fsp3) is 1.00. The molecule has 2 nitrogen and oxygen atoms in total. The van der Waals surface area contributed by atoms with Crippen molar-refractivity contribution in [1.29, 1.82) is 0 Å². The monoisotopic (exact) mass is 238 g/mol. The molecule has 1 aliphatic carbocycles. The van der Waals surface area contributed by atoms with E-state index in [4.69, 9.17) is 0 Å². The second-order valence-electron chi connectivity index (χ2n) is 6.17. The van der Waals surface area contributed by atoms with Crippen molar-refractivity contribution in [2.24, 2.45) is 5.92 Å². The number of nitrogens with one attached hydrogen (secondary N) is 1. The Balaban J connectivity index is 1.59. The Morgan fingerprint density at radius 3 is 2.29 bits per heavy atom. The second kappa shape index (κ2) is 7.38. The molecule has 2 heteroatoms. The Bertz CT molecular complexity index is 191. The van der Waals surface area contributed by atoms with Gasteiger partial charge in [0.1, 0.15) is 0 Å². The molecule has 17 heavy (non-hydrogen) atoms. The Kier molecular flexibility index (Phi) is 5.79. The van der Waals surface area contributed by atoms with E-state index in [1.807, 2.05) is 0 Å². The van der Waals surface area contributed by atoms with E-state index in [1.54, 1.807) is 0 Å². The first-order valence-corrected chi connectivity index (χ1v) is 7.80. The van der Waals surface area contributed by atoms with Crippen molar-refractivity contribution in [1.82, 2.24) is 10.2 Å². The highest BCUT2D eigenvalue weighted by Gasteiger charge is 2.16. The molecular weight excluding hydrogens is 208 g/mol. The van der Waals surface area contributed by atoms with Gasteiger partial charge in [0, 0.05) is 12.6 Å². The van der Waals surface area contributed by atoms with E-state index in [-0.39, 0.29) is 0 Å². The van der Waals surface area contributed by atoms with Crippen molar-refractivity contribution >= 4 is 0 Å². The van der Waals surface area contributed by atoms with Gasteiger partial charge < -0.3 is 10.2 Å². The van der Waals surface area contributed by atoms with Crippen LogP contribution in [-0.4, -0.2) is 37.1 Å². The molecule has 1 atom stereocenters. The van der Waals surface area contributed by atoms with Crippen LogP contribution in [0.2, 0.25) is 0 Å². The van der Waals surface area contributed by atoms with Crippen molar-refractivity contribution < 1.29 is 0 Å². The van der Waals surface area contributed by atoms with Gasteiger partial charge in [-0.3, -0.25) is 0 Å². The van der Waals surface area contributed by atoms with Crippen LogP contribution < -0.4 is 5.32 Å². The number of likely N-dealkylation sites (tertiary alicyclic amines) is 1. The quantitative estimate of drug-likeness (QED) is 0.741. The standard InChI is InChI=1S/C15H30N2/c1-14(13-17-10-6-7-11-17)16-12-15-8-4-2-3-5-9-15/h14-16H,2-13H2,1H3. The van der Waals surface area contributed by atoms with Crippen LogP contribution in [0.15, 0.2) is 0 Å². The molecule has 1 saturated heterocycles. The van der Waals surface area contributed by atoms with Gasteiger partial charge in [-0.05, 0) is 58.2 Å². The van der Waals surface area contributed by atoms with Gasteiger partial charge in [-0.15, -0.1) is 0 Å². The summed E-state index contributed by atoms with van der Waals surface area (Å²) >= 11 is 0. The lowest BCUT2D eigenvalue weighted by molar-refractivity contribution is 0.287. The second-order valence-corrected chi connectivity index (χ2v) is 6.17. The zero-order chi connectivity index (χ0) is 11.9. The first-order chi connectivity index (χ1) is 8.34. The minimum absolute atomic E-state index is 0.677. The summed E-state index contributed by atoms with van der Waals surface area (Å²) in [5.74, 6) is 0.957. The maximum atomic E-state index is 3.77. The molecule has 0 aromatic heterocycles. The van der Waals surface area contributed by atoms with Crippen LogP contribution in [-0.2, 0) is 0 Å². The van der Waals surface area contributed by atoms with Crippen LogP contribution in [0.3, 0.4) is 0 Å². The third-order valence-electron chi connectivity index (χ3n) is 4.46. The molecule has 0 radical (unpaired) electrons. The first-order valence-electron chi connectivity index (χ1n) is 7.80. The molecule has 1 heterocycles. The lowest BCUT2D eigenvalue weighted by Crippen LogP contribution is -2.40. The average Bonchev–Trinajstić information content (AvgIpc) is 2.68. The number of rotatable bonds is 5. The van der Waals surface area contributed by atoms with Gasteiger partial charge >= 0.3 is 0 Å². The van der Waals surface area contributed by atoms with Crippen LogP contribution >= 0.6 is 0 Å². The van der Waals surface area contributed by atoms with Crippen molar-refractivity contribution in [2.45, 2.75) is 64.3 Å². The predicted octanol–water partition coefficient (Wildman–Crippen LogP) is 3.03.